The molecule has 2 nitrogen and oxygen atoms in total. The van der Waals surface area contributed by atoms with E-state index in [0.29, 0.717) is 6.61 Å². The highest BCUT2D eigenvalue weighted by atomic mass is 16.5. The molecule has 1 N–H and O–H groups in total. The first-order valence-corrected chi connectivity index (χ1v) is 5.93. The van der Waals surface area contributed by atoms with Crippen molar-refractivity contribution in [1.82, 2.24) is 0 Å². The van der Waals surface area contributed by atoms with Crippen LogP contribution in [0.25, 0.3) is 11.1 Å². The van der Waals surface area contributed by atoms with Crippen LogP contribution in [-0.4, -0.2) is 11.7 Å². The summed E-state index contributed by atoms with van der Waals surface area (Å²) in [6, 6.07) is 15.1. The largest absolute Gasteiger partial charge is 0.508 e. The van der Waals surface area contributed by atoms with Crippen molar-refractivity contribution < 1.29 is 9.84 Å². The maximum Gasteiger partial charge on any atom is 0.119 e. The van der Waals surface area contributed by atoms with Crippen LogP contribution in [0.3, 0.4) is 0 Å². The Bertz CT molecular complexity index is 510. The number of aromatic hydroxyl groups is 1. The van der Waals surface area contributed by atoms with E-state index in [1.165, 1.54) is 0 Å². The normalized spacial score (nSPS) is 10.7. The summed E-state index contributed by atoms with van der Waals surface area (Å²) in [7, 11) is 0. The average molecular weight is 240 g/mol. The van der Waals surface area contributed by atoms with Gasteiger partial charge in [0.25, 0.3) is 0 Å². The van der Waals surface area contributed by atoms with Crippen LogP contribution in [-0.2, 0) is 0 Å². The summed E-state index contributed by atoms with van der Waals surface area (Å²) in [6.45, 7) is 2.56. The Kier molecular flexibility index (Phi) is 4.02. The van der Waals surface area contributed by atoms with Crippen molar-refractivity contribution in [2.75, 3.05) is 6.61 Å². The number of phenols is 1. The van der Waals surface area contributed by atoms with Crippen LogP contribution in [0, 0.1) is 0 Å². The van der Waals surface area contributed by atoms with E-state index in [1.807, 2.05) is 55.5 Å². The number of benzene rings is 2. The summed E-state index contributed by atoms with van der Waals surface area (Å²) in [6.07, 6.45) is 3.93. The molecule has 0 unspecified atom stereocenters. The zero-order chi connectivity index (χ0) is 12.8. The van der Waals surface area contributed by atoms with Crippen molar-refractivity contribution in [2.45, 2.75) is 6.92 Å². The summed E-state index contributed by atoms with van der Waals surface area (Å²) in [4.78, 5) is 0. The van der Waals surface area contributed by atoms with Crippen LogP contribution in [0.2, 0.25) is 0 Å². The Morgan fingerprint density at radius 2 is 1.50 bits per heavy atom. The maximum absolute atomic E-state index is 9.24. The van der Waals surface area contributed by atoms with Crippen LogP contribution in [0.5, 0.6) is 11.5 Å². The second-order valence-electron chi connectivity index (χ2n) is 3.95. The molecule has 2 rings (SSSR count). The van der Waals surface area contributed by atoms with Gasteiger partial charge in [0.05, 0.1) is 0 Å². The fourth-order valence-electron chi connectivity index (χ4n) is 1.64. The second-order valence-corrected chi connectivity index (χ2v) is 3.95. The number of phenolic OH excluding ortho intramolecular Hbond substituents is 1. The highest BCUT2D eigenvalue weighted by molar-refractivity contribution is 5.64. The van der Waals surface area contributed by atoms with Crippen molar-refractivity contribution in [3.8, 4) is 22.6 Å². The van der Waals surface area contributed by atoms with Crippen LogP contribution >= 0.6 is 0 Å². The van der Waals surface area contributed by atoms with Crippen LogP contribution in [0.4, 0.5) is 0 Å². The van der Waals surface area contributed by atoms with Gasteiger partial charge < -0.3 is 9.84 Å². The lowest BCUT2D eigenvalue weighted by atomic mass is 10.1. The van der Waals surface area contributed by atoms with Gasteiger partial charge in [0.15, 0.2) is 0 Å². The Morgan fingerprint density at radius 1 is 0.944 bits per heavy atom. The lowest BCUT2D eigenvalue weighted by Gasteiger charge is -2.05. The van der Waals surface area contributed by atoms with Gasteiger partial charge in [-0.2, -0.15) is 0 Å². The smallest absolute Gasteiger partial charge is 0.119 e. The van der Waals surface area contributed by atoms with Crippen molar-refractivity contribution >= 4 is 0 Å². The molecule has 0 aromatic heterocycles. The molecule has 0 radical (unpaired) electrons. The van der Waals surface area contributed by atoms with Crippen molar-refractivity contribution in [1.29, 1.82) is 0 Å². The Hall–Kier alpha value is -2.22. The topological polar surface area (TPSA) is 29.5 Å². The molecule has 0 saturated carbocycles. The molecular weight excluding hydrogens is 224 g/mol. The molecule has 0 saturated heterocycles. The summed E-state index contributed by atoms with van der Waals surface area (Å²) >= 11 is 0. The van der Waals surface area contributed by atoms with E-state index in [2.05, 4.69) is 0 Å². The van der Waals surface area contributed by atoms with Crippen molar-refractivity contribution in [3.63, 3.8) is 0 Å². The number of rotatable bonds is 4. The van der Waals surface area contributed by atoms with E-state index >= 15 is 0 Å². The third kappa shape index (κ3) is 3.14. The summed E-state index contributed by atoms with van der Waals surface area (Å²) in [5.74, 6) is 1.14. The number of ether oxygens (including phenoxy) is 1. The molecule has 0 heterocycles. The van der Waals surface area contributed by atoms with Crippen LogP contribution < -0.4 is 4.74 Å². The number of hydrogen-bond acceptors (Lipinski definition) is 2. The van der Waals surface area contributed by atoms with E-state index in [9.17, 15) is 5.11 Å². The summed E-state index contributed by atoms with van der Waals surface area (Å²) < 4.78 is 5.53. The quantitative estimate of drug-likeness (QED) is 0.818. The first-order chi connectivity index (χ1) is 8.79. The molecule has 2 aromatic rings. The Balaban J connectivity index is 2.09. The minimum absolute atomic E-state index is 0.282. The molecule has 92 valence electrons. The van der Waals surface area contributed by atoms with E-state index in [4.69, 9.17) is 4.74 Å². The number of hydrogen-bond donors (Lipinski definition) is 1. The lowest BCUT2D eigenvalue weighted by molar-refractivity contribution is 0.363. The molecule has 0 bridgehead atoms. The van der Waals surface area contributed by atoms with Gasteiger partial charge in [0.2, 0.25) is 0 Å². The second kappa shape index (κ2) is 5.92. The molecule has 2 aromatic carbocycles. The summed E-state index contributed by atoms with van der Waals surface area (Å²) in [5, 5.41) is 9.24. The monoisotopic (exact) mass is 240 g/mol. The Morgan fingerprint density at radius 3 is 2.06 bits per heavy atom. The highest BCUT2D eigenvalue weighted by Crippen LogP contribution is 2.24. The fourth-order valence-corrected chi connectivity index (χ4v) is 1.64. The van der Waals surface area contributed by atoms with Crippen LogP contribution in [0.1, 0.15) is 6.92 Å². The summed E-state index contributed by atoms with van der Waals surface area (Å²) in [5.41, 5.74) is 2.18. The zero-order valence-electron chi connectivity index (χ0n) is 10.3. The Labute approximate surface area is 107 Å². The van der Waals surface area contributed by atoms with Crippen molar-refractivity contribution in [2.24, 2.45) is 0 Å². The molecule has 2 heteroatoms. The van der Waals surface area contributed by atoms with E-state index in [-0.39, 0.29) is 5.75 Å². The van der Waals surface area contributed by atoms with Gasteiger partial charge in [0, 0.05) is 0 Å². The van der Waals surface area contributed by atoms with Gasteiger partial charge in [-0.3, -0.25) is 0 Å². The van der Waals surface area contributed by atoms with Crippen LogP contribution in [0.15, 0.2) is 60.7 Å². The molecule has 0 atom stereocenters. The first-order valence-electron chi connectivity index (χ1n) is 5.93. The minimum atomic E-state index is 0.282. The fraction of sp³-hybridized carbons (Fsp3) is 0.125. The SMILES string of the molecule is CC=CCOc1ccc(-c2ccc(O)cc2)cc1. The zero-order valence-corrected chi connectivity index (χ0v) is 10.3. The third-order valence-corrected chi connectivity index (χ3v) is 2.64. The van der Waals surface area contributed by atoms with Gasteiger partial charge >= 0.3 is 0 Å². The molecule has 18 heavy (non-hydrogen) atoms. The van der Waals surface area contributed by atoms with Gasteiger partial charge in [-0.1, -0.05) is 36.4 Å². The van der Waals surface area contributed by atoms with Gasteiger partial charge in [-0.15, -0.1) is 0 Å². The predicted octanol–water partition coefficient (Wildman–Crippen LogP) is 4.01. The van der Waals surface area contributed by atoms with E-state index < -0.39 is 0 Å². The molecule has 0 fully saturated rings. The average Bonchev–Trinajstić information content (AvgIpc) is 2.41. The maximum atomic E-state index is 9.24. The molecule has 0 aliphatic rings. The third-order valence-electron chi connectivity index (χ3n) is 2.64. The molecule has 0 amide bonds. The highest BCUT2D eigenvalue weighted by Gasteiger charge is 1.98. The minimum Gasteiger partial charge on any atom is -0.508 e. The predicted molar refractivity (Wildman–Crippen MR) is 73.9 cm³/mol. The number of allylic oxidation sites excluding steroid dienone is 1. The lowest BCUT2D eigenvalue weighted by Crippen LogP contribution is -1.92. The van der Waals surface area contributed by atoms with E-state index in [1.54, 1.807) is 12.1 Å². The standard InChI is InChI=1S/C16H16O2/c1-2-3-12-18-16-10-6-14(7-11-16)13-4-8-15(17)9-5-13/h2-11,17H,12H2,1H3. The molecule has 0 spiro atoms. The molecular formula is C16H16O2. The van der Waals surface area contributed by atoms with Crippen molar-refractivity contribution in [3.05, 3.63) is 60.7 Å². The van der Waals surface area contributed by atoms with E-state index in [0.717, 1.165) is 16.9 Å². The van der Waals surface area contributed by atoms with Gasteiger partial charge in [0.1, 0.15) is 18.1 Å². The molecule has 0 aliphatic carbocycles. The first kappa shape index (κ1) is 12.2. The van der Waals surface area contributed by atoms with Gasteiger partial charge in [-0.05, 0) is 42.3 Å². The molecule has 0 aliphatic heterocycles. The van der Waals surface area contributed by atoms with Gasteiger partial charge in [-0.25, -0.2) is 0 Å².